The number of aromatic amines is 1. The number of hydrogen-bond donors (Lipinski definition) is 2. The van der Waals surface area contributed by atoms with Gasteiger partial charge in [-0.2, -0.15) is 5.10 Å². The molecule has 4 heteroatoms. The van der Waals surface area contributed by atoms with Crippen molar-refractivity contribution in [2.75, 3.05) is 5.32 Å². The second-order valence-electron chi connectivity index (χ2n) is 3.46. The maximum Gasteiger partial charge on any atom is 0.183 e. The van der Waals surface area contributed by atoms with E-state index in [1.807, 2.05) is 42.5 Å². The van der Waals surface area contributed by atoms with Crippen molar-refractivity contribution in [1.82, 2.24) is 15.2 Å². The van der Waals surface area contributed by atoms with E-state index in [1.165, 1.54) is 0 Å². The van der Waals surface area contributed by atoms with Crippen molar-refractivity contribution in [2.24, 2.45) is 0 Å². The summed E-state index contributed by atoms with van der Waals surface area (Å²) in [6.07, 6.45) is 1.73. The van der Waals surface area contributed by atoms with Gasteiger partial charge in [0.2, 0.25) is 0 Å². The van der Waals surface area contributed by atoms with Gasteiger partial charge >= 0.3 is 0 Å². The van der Waals surface area contributed by atoms with Crippen molar-refractivity contribution >= 4 is 22.5 Å². The van der Waals surface area contributed by atoms with Crippen LogP contribution in [0.15, 0.2) is 48.7 Å². The number of aromatic nitrogens is 3. The smallest absolute Gasteiger partial charge is 0.183 e. The Morgan fingerprint density at radius 2 is 1.88 bits per heavy atom. The molecule has 0 saturated heterocycles. The van der Waals surface area contributed by atoms with Crippen molar-refractivity contribution < 1.29 is 0 Å². The third-order valence-electron chi connectivity index (χ3n) is 2.37. The molecular weight excluding hydrogens is 200 g/mol. The maximum atomic E-state index is 4.16. The summed E-state index contributed by atoms with van der Waals surface area (Å²) in [5, 5.41) is 11.3. The van der Waals surface area contributed by atoms with Gasteiger partial charge in [-0.15, -0.1) is 0 Å². The molecule has 2 N–H and O–H groups in total. The molecule has 78 valence electrons. The van der Waals surface area contributed by atoms with Crippen LogP contribution in [-0.4, -0.2) is 15.2 Å². The van der Waals surface area contributed by atoms with Crippen molar-refractivity contribution in [2.45, 2.75) is 0 Å². The van der Waals surface area contributed by atoms with E-state index in [9.17, 15) is 0 Å². The Hall–Kier alpha value is -2.36. The number of H-pyrrole nitrogens is 1. The summed E-state index contributed by atoms with van der Waals surface area (Å²) < 4.78 is 0. The zero-order chi connectivity index (χ0) is 10.8. The monoisotopic (exact) mass is 210 g/mol. The van der Waals surface area contributed by atoms with E-state index in [2.05, 4.69) is 20.5 Å². The number of fused-ring (bicyclic) bond motifs is 1. The molecule has 0 saturated carbocycles. The number of rotatable bonds is 2. The van der Waals surface area contributed by atoms with Gasteiger partial charge in [0, 0.05) is 11.9 Å². The number of benzene rings is 1. The van der Waals surface area contributed by atoms with Crippen LogP contribution in [0.4, 0.5) is 11.5 Å². The van der Waals surface area contributed by atoms with E-state index in [-0.39, 0.29) is 0 Å². The molecule has 0 radical (unpaired) electrons. The molecule has 0 aliphatic rings. The van der Waals surface area contributed by atoms with E-state index < -0.39 is 0 Å². The summed E-state index contributed by atoms with van der Waals surface area (Å²) in [7, 11) is 0. The predicted molar refractivity (Wildman–Crippen MR) is 63.6 cm³/mol. The molecule has 2 aromatic heterocycles. The minimum atomic E-state index is 0.723. The highest BCUT2D eigenvalue weighted by molar-refractivity contribution is 5.88. The first kappa shape index (κ1) is 8.91. The second kappa shape index (κ2) is 3.66. The molecule has 3 aromatic rings. The normalized spacial score (nSPS) is 10.5. The Morgan fingerprint density at radius 1 is 1.00 bits per heavy atom. The second-order valence-corrected chi connectivity index (χ2v) is 3.46. The molecule has 0 fully saturated rings. The number of anilines is 2. The van der Waals surface area contributed by atoms with Crippen LogP contribution in [0.2, 0.25) is 0 Å². The van der Waals surface area contributed by atoms with Crippen molar-refractivity contribution in [1.29, 1.82) is 0 Å². The summed E-state index contributed by atoms with van der Waals surface area (Å²) in [5.74, 6) is 0.870. The summed E-state index contributed by atoms with van der Waals surface area (Å²) in [5.41, 5.74) is 1.75. The molecule has 0 aliphatic heterocycles. The van der Waals surface area contributed by atoms with Gasteiger partial charge in [0.05, 0.1) is 5.39 Å². The fourth-order valence-corrected chi connectivity index (χ4v) is 1.61. The first-order valence-corrected chi connectivity index (χ1v) is 5.05. The molecule has 1 aromatic carbocycles. The average molecular weight is 210 g/mol. The number of para-hydroxylation sites is 1. The van der Waals surface area contributed by atoms with E-state index in [1.54, 1.807) is 6.20 Å². The highest BCUT2D eigenvalue weighted by atomic mass is 15.2. The molecule has 3 rings (SSSR count). The third kappa shape index (κ3) is 1.50. The Labute approximate surface area is 92.3 Å². The van der Waals surface area contributed by atoms with Crippen LogP contribution in [0.3, 0.4) is 0 Å². The lowest BCUT2D eigenvalue weighted by Crippen LogP contribution is -1.90. The molecule has 0 unspecified atom stereocenters. The summed E-state index contributed by atoms with van der Waals surface area (Å²) in [4.78, 5) is 4.16. The first-order valence-electron chi connectivity index (χ1n) is 5.05. The molecular formula is C12H10N4. The van der Waals surface area contributed by atoms with Gasteiger partial charge in [0.1, 0.15) is 5.82 Å². The van der Waals surface area contributed by atoms with Gasteiger partial charge in [0.15, 0.2) is 5.65 Å². The van der Waals surface area contributed by atoms with Crippen LogP contribution in [0.5, 0.6) is 0 Å². The van der Waals surface area contributed by atoms with Crippen LogP contribution >= 0.6 is 0 Å². The highest BCUT2D eigenvalue weighted by Crippen LogP contribution is 2.21. The SMILES string of the molecule is c1ccc(Nc2[nH]nc3ncccc23)cc1. The Bertz CT molecular complexity index is 600. The fraction of sp³-hybridized carbons (Fsp3) is 0. The van der Waals surface area contributed by atoms with Crippen molar-refractivity contribution in [3.63, 3.8) is 0 Å². The fourth-order valence-electron chi connectivity index (χ4n) is 1.61. The largest absolute Gasteiger partial charge is 0.340 e. The van der Waals surface area contributed by atoms with Crippen LogP contribution in [0.1, 0.15) is 0 Å². The van der Waals surface area contributed by atoms with Gasteiger partial charge in [-0.25, -0.2) is 4.98 Å². The lowest BCUT2D eigenvalue weighted by molar-refractivity contribution is 1.10. The molecule has 0 bridgehead atoms. The van der Waals surface area contributed by atoms with Gasteiger partial charge in [-0.3, -0.25) is 5.10 Å². The zero-order valence-corrected chi connectivity index (χ0v) is 8.51. The zero-order valence-electron chi connectivity index (χ0n) is 8.51. The Balaban J connectivity index is 2.01. The summed E-state index contributed by atoms with van der Waals surface area (Å²) >= 11 is 0. The van der Waals surface area contributed by atoms with Crippen LogP contribution in [-0.2, 0) is 0 Å². The van der Waals surface area contributed by atoms with Gasteiger partial charge in [0.25, 0.3) is 0 Å². The van der Waals surface area contributed by atoms with Gasteiger partial charge < -0.3 is 5.32 Å². The number of nitrogens with zero attached hydrogens (tertiary/aromatic N) is 2. The molecule has 2 heterocycles. The number of nitrogens with one attached hydrogen (secondary N) is 2. The summed E-state index contributed by atoms with van der Waals surface area (Å²) in [6.45, 7) is 0. The van der Waals surface area contributed by atoms with Crippen LogP contribution in [0.25, 0.3) is 11.0 Å². The molecule has 4 nitrogen and oxygen atoms in total. The van der Waals surface area contributed by atoms with Crippen LogP contribution in [0, 0.1) is 0 Å². The highest BCUT2D eigenvalue weighted by Gasteiger charge is 2.04. The van der Waals surface area contributed by atoms with E-state index in [4.69, 9.17) is 0 Å². The van der Waals surface area contributed by atoms with E-state index in [0.29, 0.717) is 0 Å². The standard InChI is InChI=1S/C12H10N4/c1-2-5-9(6-3-1)14-12-10-7-4-8-13-11(10)15-16-12/h1-8H,(H2,13,14,15,16). The lowest BCUT2D eigenvalue weighted by Gasteiger charge is -2.02. The lowest BCUT2D eigenvalue weighted by atomic mass is 10.3. The molecule has 0 aliphatic carbocycles. The Morgan fingerprint density at radius 3 is 2.75 bits per heavy atom. The van der Waals surface area contributed by atoms with E-state index >= 15 is 0 Å². The van der Waals surface area contributed by atoms with Crippen molar-refractivity contribution in [3.8, 4) is 0 Å². The minimum Gasteiger partial charge on any atom is -0.340 e. The number of pyridine rings is 1. The quantitative estimate of drug-likeness (QED) is 0.683. The van der Waals surface area contributed by atoms with Gasteiger partial charge in [-0.1, -0.05) is 18.2 Å². The van der Waals surface area contributed by atoms with Crippen molar-refractivity contribution in [3.05, 3.63) is 48.7 Å². The average Bonchev–Trinajstić information content (AvgIpc) is 2.74. The molecule has 16 heavy (non-hydrogen) atoms. The third-order valence-corrected chi connectivity index (χ3v) is 2.37. The predicted octanol–water partition coefficient (Wildman–Crippen LogP) is 2.70. The molecule has 0 amide bonds. The minimum absolute atomic E-state index is 0.723. The number of hydrogen-bond acceptors (Lipinski definition) is 3. The Kier molecular flexibility index (Phi) is 2.04. The molecule has 0 atom stereocenters. The summed E-state index contributed by atoms with van der Waals surface area (Å²) in [6, 6.07) is 13.8. The first-order chi connectivity index (χ1) is 7.93. The maximum absolute atomic E-state index is 4.16. The molecule has 0 spiro atoms. The topological polar surface area (TPSA) is 53.6 Å². The van der Waals surface area contributed by atoms with Gasteiger partial charge in [-0.05, 0) is 24.3 Å². The van der Waals surface area contributed by atoms with E-state index in [0.717, 1.165) is 22.5 Å². The van der Waals surface area contributed by atoms with Crippen LogP contribution < -0.4 is 5.32 Å².